The smallest absolute Gasteiger partial charge is 0.433 e. The van der Waals surface area contributed by atoms with Crippen molar-refractivity contribution < 1.29 is 32.2 Å². The Morgan fingerprint density at radius 3 is 2.34 bits per heavy atom. The molecule has 8 heteroatoms. The minimum absolute atomic E-state index is 0.0506. The molecule has 1 aliphatic rings. The number of ether oxygens (including phenoxy) is 2. The number of cyclic esters (lactones) is 1. The van der Waals surface area contributed by atoms with Gasteiger partial charge in [-0.25, -0.2) is 14.2 Å². The molecule has 1 atom stereocenters. The van der Waals surface area contributed by atoms with Crippen LogP contribution in [0.5, 0.6) is 0 Å². The Balaban J connectivity index is 2.02. The van der Waals surface area contributed by atoms with Crippen LogP contribution in [-0.4, -0.2) is 28.4 Å². The number of halogens is 3. The summed E-state index contributed by atoms with van der Waals surface area (Å²) >= 11 is 0. The van der Waals surface area contributed by atoms with Crippen LogP contribution in [0, 0.1) is 6.92 Å². The van der Waals surface area contributed by atoms with Crippen molar-refractivity contribution in [1.82, 2.24) is 4.57 Å². The molecule has 3 aromatic rings. The topological polar surface area (TPSA) is 57.5 Å². The molecule has 0 N–H and O–H groups in total. The van der Waals surface area contributed by atoms with Crippen molar-refractivity contribution in [2.45, 2.75) is 51.5 Å². The summed E-state index contributed by atoms with van der Waals surface area (Å²) in [5.41, 5.74) is -3.10. The van der Waals surface area contributed by atoms with Crippen molar-refractivity contribution in [2.75, 3.05) is 0 Å². The molecule has 0 aliphatic carbocycles. The highest BCUT2D eigenvalue weighted by atomic mass is 19.4. The summed E-state index contributed by atoms with van der Waals surface area (Å²) in [6.45, 7) is 6.76. The standard InChI is InChI=1S/C24H22F3NO4/c1-14-10-11-17-16(12-14)19-18(28(17)21(30)32-22(2,3)4)13-23(24(25,26)27,31-20(19)29)15-8-6-5-7-9-15/h5-12H,13H2,1-4H3/t23-/m1/s1. The van der Waals surface area contributed by atoms with Gasteiger partial charge in [0.2, 0.25) is 5.60 Å². The number of hydrogen-bond donors (Lipinski definition) is 0. The van der Waals surface area contributed by atoms with Crippen LogP contribution in [0.15, 0.2) is 48.5 Å². The first-order valence-corrected chi connectivity index (χ1v) is 10.1. The molecule has 0 radical (unpaired) electrons. The third-order valence-corrected chi connectivity index (χ3v) is 5.38. The van der Waals surface area contributed by atoms with Crippen molar-refractivity contribution in [2.24, 2.45) is 0 Å². The van der Waals surface area contributed by atoms with E-state index in [2.05, 4.69) is 0 Å². The molecule has 0 bridgehead atoms. The number of hydrogen-bond acceptors (Lipinski definition) is 4. The first-order valence-electron chi connectivity index (χ1n) is 10.1. The summed E-state index contributed by atoms with van der Waals surface area (Å²) in [4.78, 5) is 26.2. The number of benzene rings is 2. The van der Waals surface area contributed by atoms with Crippen molar-refractivity contribution in [1.29, 1.82) is 0 Å². The van der Waals surface area contributed by atoms with Gasteiger partial charge in [0.05, 0.1) is 11.1 Å². The quantitative estimate of drug-likeness (QED) is 0.438. The highest BCUT2D eigenvalue weighted by Gasteiger charge is 2.62. The van der Waals surface area contributed by atoms with Gasteiger partial charge in [0, 0.05) is 23.1 Å². The van der Waals surface area contributed by atoms with Gasteiger partial charge in [-0.2, -0.15) is 13.2 Å². The molecule has 2 aromatic carbocycles. The molecular formula is C24H22F3NO4. The Hall–Kier alpha value is -3.29. The lowest BCUT2D eigenvalue weighted by Crippen LogP contribution is -2.51. The van der Waals surface area contributed by atoms with E-state index in [9.17, 15) is 22.8 Å². The van der Waals surface area contributed by atoms with E-state index in [4.69, 9.17) is 9.47 Å². The molecule has 0 amide bonds. The van der Waals surface area contributed by atoms with Crippen LogP contribution in [-0.2, 0) is 21.5 Å². The SMILES string of the molecule is Cc1ccc2c(c1)c1c(n2C(=O)OC(C)(C)C)C[C@@](c2ccccc2)(C(F)(F)F)OC1=O. The number of fused-ring (bicyclic) bond motifs is 3. The molecule has 1 aliphatic heterocycles. The average molecular weight is 445 g/mol. The van der Waals surface area contributed by atoms with Crippen LogP contribution in [0.25, 0.3) is 10.9 Å². The largest absolute Gasteiger partial charge is 0.443 e. The molecule has 5 nitrogen and oxygen atoms in total. The molecule has 0 saturated heterocycles. The number of nitrogens with zero attached hydrogens (tertiary/aromatic N) is 1. The first-order chi connectivity index (χ1) is 14.8. The number of aryl methyl sites for hydroxylation is 1. The van der Waals surface area contributed by atoms with Gasteiger partial charge in [-0.1, -0.05) is 42.0 Å². The zero-order valence-corrected chi connectivity index (χ0v) is 18.0. The summed E-state index contributed by atoms with van der Waals surface area (Å²) in [5.74, 6) is -1.13. The Morgan fingerprint density at radius 1 is 1.09 bits per heavy atom. The summed E-state index contributed by atoms with van der Waals surface area (Å²) in [5, 5.41) is 0.347. The van der Waals surface area contributed by atoms with E-state index in [0.29, 0.717) is 5.39 Å². The van der Waals surface area contributed by atoms with Gasteiger partial charge >= 0.3 is 18.2 Å². The fraction of sp³-hybridized carbons (Fsp3) is 0.333. The lowest BCUT2D eigenvalue weighted by Gasteiger charge is -2.38. The van der Waals surface area contributed by atoms with Crippen molar-refractivity contribution in [3.05, 3.63) is 70.9 Å². The third kappa shape index (κ3) is 3.43. The molecule has 168 valence electrons. The molecule has 0 fully saturated rings. The lowest BCUT2D eigenvalue weighted by molar-refractivity contribution is -0.267. The fourth-order valence-electron chi connectivity index (χ4n) is 4.04. The zero-order chi connectivity index (χ0) is 23.5. The minimum Gasteiger partial charge on any atom is -0.443 e. The van der Waals surface area contributed by atoms with Gasteiger partial charge in [0.25, 0.3) is 0 Å². The molecule has 0 unspecified atom stereocenters. The monoisotopic (exact) mass is 445 g/mol. The van der Waals surface area contributed by atoms with E-state index in [1.165, 1.54) is 24.3 Å². The number of carbonyl (C=O) groups excluding carboxylic acids is 2. The predicted octanol–water partition coefficient (Wildman–Crippen LogP) is 5.90. The highest BCUT2D eigenvalue weighted by molar-refractivity contribution is 6.09. The van der Waals surface area contributed by atoms with Crippen LogP contribution in [0.3, 0.4) is 0 Å². The number of aromatic nitrogens is 1. The molecule has 32 heavy (non-hydrogen) atoms. The number of rotatable bonds is 1. The van der Waals surface area contributed by atoms with Crippen molar-refractivity contribution in [3.63, 3.8) is 0 Å². The van der Waals surface area contributed by atoms with E-state index in [-0.39, 0.29) is 22.3 Å². The second kappa shape index (κ2) is 7.12. The van der Waals surface area contributed by atoms with E-state index in [1.54, 1.807) is 52.0 Å². The van der Waals surface area contributed by atoms with Crippen LogP contribution < -0.4 is 0 Å². The average Bonchev–Trinajstić information content (AvgIpc) is 3.00. The number of alkyl halides is 3. The van der Waals surface area contributed by atoms with Gasteiger partial charge < -0.3 is 9.47 Å². The normalized spacial score (nSPS) is 18.9. The summed E-state index contributed by atoms with van der Waals surface area (Å²) in [7, 11) is 0. The van der Waals surface area contributed by atoms with Gasteiger partial charge in [-0.15, -0.1) is 0 Å². The Kier molecular flexibility index (Phi) is 4.87. The van der Waals surface area contributed by atoms with Crippen molar-refractivity contribution >= 4 is 23.0 Å². The van der Waals surface area contributed by atoms with E-state index >= 15 is 0 Å². The molecule has 2 heterocycles. The third-order valence-electron chi connectivity index (χ3n) is 5.38. The van der Waals surface area contributed by atoms with Crippen LogP contribution in [0.4, 0.5) is 18.0 Å². The van der Waals surface area contributed by atoms with Gasteiger partial charge in [-0.3, -0.25) is 0 Å². The van der Waals surface area contributed by atoms with Gasteiger partial charge in [0.1, 0.15) is 5.60 Å². The maximum absolute atomic E-state index is 14.5. The van der Waals surface area contributed by atoms with Crippen LogP contribution in [0.1, 0.15) is 48.0 Å². The first kappa shape index (κ1) is 21.9. The second-order valence-corrected chi connectivity index (χ2v) is 8.92. The Morgan fingerprint density at radius 2 is 1.75 bits per heavy atom. The number of carbonyl (C=O) groups is 2. The fourth-order valence-corrected chi connectivity index (χ4v) is 4.04. The van der Waals surface area contributed by atoms with Crippen molar-refractivity contribution in [3.8, 4) is 0 Å². The maximum Gasteiger partial charge on any atom is 0.433 e. The Labute approximate surface area is 182 Å². The lowest BCUT2D eigenvalue weighted by atomic mass is 9.84. The van der Waals surface area contributed by atoms with E-state index < -0.39 is 35.9 Å². The van der Waals surface area contributed by atoms with E-state index in [1.807, 2.05) is 0 Å². The molecule has 0 saturated carbocycles. The molecule has 4 rings (SSSR count). The highest BCUT2D eigenvalue weighted by Crippen LogP contribution is 2.49. The maximum atomic E-state index is 14.5. The zero-order valence-electron chi connectivity index (χ0n) is 18.0. The van der Waals surface area contributed by atoms with Gasteiger partial charge in [0.15, 0.2) is 0 Å². The predicted molar refractivity (Wildman–Crippen MR) is 112 cm³/mol. The van der Waals surface area contributed by atoms with Gasteiger partial charge in [-0.05, 0) is 39.8 Å². The molecular weight excluding hydrogens is 423 g/mol. The summed E-state index contributed by atoms with van der Waals surface area (Å²) < 4.78 is 55.1. The molecule has 0 spiro atoms. The van der Waals surface area contributed by atoms with Crippen LogP contribution >= 0.6 is 0 Å². The number of esters is 1. The summed E-state index contributed by atoms with van der Waals surface area (Å²) in [6, 6.07) is 11.9. The second-order valence-electron chi connectivity index (χ2n) is 8.92. The minimum atomic E-state index is -4.92. The van der Waals surface area contributed by atoms with Crippen LogP contribution in [0.2, 0.25) is 0 Å². The summed E-state index contributed by atoms with van der Waals surface area (Å²) in [6.07, 6.45) is -6.53. The molecule has 1 aromatic heterocycles. The Bertz CT molecular complexity index is 1220. The van der Waals surface area contributed by atoms with E-state index in [0.717, 1.165) is 10.1 Å².